The van der Waals surface area contributed by atoms with Crippen molar-refractivity contribution >= 4 is 23.4 Å². The zero-order valence-corrected chi connectivity index (χ0v) is 13.2. The number of carbonyl (C=O) groups excluding carboxylic acids is 2. The van der Waals surface area contributed by atoms with E-state index in [2.05, 4.69) is 0 Å². The highest BCUT2D eigenvalue weighted by Crippen LogP contribution is 2.33. The van der Waals surface area contributed by atoms with Gasteiger partial charge in [-0.15, -0.1) is 0 Å². The molecule has 1 aromatic rings. The van der Waals surface area contributed by atoms with Crippen LogP contribution in [0.3, 0.4) is 0 Å². The fourth-order valence-electron chi connectivity index (χ4n) is 3.19. The van der Waals surface area contributed by atoms with Crippen LogP contribution in [-0.2, 0) is 16.0 Å². The molecule has 2 aliphatic rings. The Morgan fingerprint density at radius 1 is 1.36 bits per heavy atom. The van der Waals surface area contributed by atoms with Crippen molar-refractivity contribution in [2.75, 3.05) is 6.54 Å². The largest absolute Gasteiger partial charge is 0.480 e. The molecule has 2 amide bonds. The van der Waals surface area contributed by atoms with Crippen LogP contribution in [-0.4, -0.2) is 35.4 Å². The van der Waals surface area contributed by atoms with E-state index < -0.39 is 6.10 Å². The maximum atomic E-state index is 12.7. The van der Waals surface area contributed by atoms with E-state index in [9.17, 15) is 9.59 Å². The summed E-state index contributed by atoms with van der Waals surface area (Å²) in [5.41, 5.74) is 6.34. The van der Waals surface area contributed by atoms with E-state index in [1.807, 2.05) is 13.0 Å². The number of benzene rings is 1. The Morgan fingerprint density at radius 2 is 2.14 bits per heavy atom. The third kappa shape index (κ3) is 2.77. The molecule has 0 bridgehead atoms. The van der Waals surface area contributed by atoms with Gasteiger partial charge >= 0.3 is 0 Å². The van der Waals surface area contributed by atoms with E-state index in [-0.39, 0.29) is 23.8 Å². The van der Waals surface area contributed by atoms with E-state index in [1.54, 1.807) is 17.0 Å². The highest BCUT2D eigenvalue weighted by Gasteiger charge is 2.38. The first kappa shape index (κ1) is 15.2. The number of ether oxygens (including phenoxy) is 1. The fourth-order valence-corrected chi connectivity index (χ4v) is 3.38. The number of hydrogen-bond acceptors (Lipinski definition) is 3. The van der Waals surface area contributed by atoms with Crippen molar-refractivity contribution in [3.63, 3.8) is 0 Å². The molecule has 1 aromatic carbocycles. The number of hydrogen-bond donors (Lipinski definition) is 1. The predicted octanol–water partition coefficient (Wildman–Crippen LogP) is 1.76. The van der Waals surface area contributed by atoms with Gasteiger partial charge in [0.05, 0.1) is 5.92 Å². The second-order valence-electron chi connectivity index (χ2n) is 6.08. The highest BCUT2D eigenvalue weighted by molar-refractivity contribution is 6.30. The minimum atomic E-state index is -0.539. The zero-order valence-electron chi connectivity index (χ0n) is 12.4. The van der Waals surface area contributed by atoms with Crippen molar-refractivity contribution in [2.45, 2.75) is 38.3 Å². The Hall–Kier alpha value is -1.75. The van der Waals surface area contributed by atoms with E-state index >= 15 is 0 Å². The number of primary amides is 1. The molecule has 1 saturated heterocycles. The maximum Gasteiger partial charge on any atom is 0.264 e. The summed E-state index contributed by atoms with van der Waals surface area (Å²) in [4.78, 5) is 25.9. The van der Waals surface area contributed by atoms with Crippen LogP contribution < -0.4 is 10.5 Å². The second kappa shape index (κ2) is 5.80. The van der Waals surface area contributed by atoms with Gasteiger partial charge in [-0.1, -0.05) is 11.6 Å². The summed E-state index contributed by atoms with van der Waals surface area (Å²) in [5.74, 6) is 0.0233. The van der Waals surface area contributed by atoms with Crippen molar-refractivity contribution in [1.82, 2.24) is 4.90 Å². The number of rotatable bonds is 2. The molecule has 22 heavy (non-hydrogen) atoms. The lowest BCUT2D eigenvalue weighted by molar-refractivity contribution is -0.143. The standard InChI is InChI=1S/C16H19ClN2O3/c1-9-2-3-10(15(18)20)8-19(9)16(21)14-7-11-6-12(17)4-5-13(11)22-14/h4-6,9-10,14H,2-3,7-8H2,1H3,(H2,18,20)/t9-,10+,14+/m1/s1. The molecule has 0 radical (unpaired) electrons. The van der Waals surface area contributed by atoms with Crippen molar-refractivity contribution in [1.29, 1.82) is 0 Å². The monoisotopic (exact) mass is 322 g/mol. The molecule has 0 unspecified atom stereocenters. The van der Waals surface area contributed by atoms with Gasteiger partial charge in [-0.2, -0.15) is 0 Å². The lowest BCUT2D eigenvalue weighted by Crippen LogP contribution is -2.52. The average molecular weight is 323 g/mol. The van der Waals surface area contributed by atoms with Crippen LogP contribution in [0.15, 0.2) is 18.2 Å². The van der Waals surface area contributed by atoms with Gasteiger partial charge in [0, 0.05) is 24.0 Å². The summed E-state index contributed by atoms with van der Waals surface area (Å²) in [6, 6.07) is 5.46. The molecule has 3 atom stereocenters. The molecule has 0 aliphatic carbocycles. The van der Waals surface area contributed by atoms with Gasteiger partial charge in [-0.3, -0.25) is 9.59 Å². The Bertz CT molecular complexity index is 619. The van der Waals surface area contributed by atoms with Crippen LogP contribution in [0, 0.1) is 5.92 Å². The fraction of sp³-hybridized carbons (Fsp3) is 0.500. The Balaban J connectivity index is 1.73. The van der Waals surface area contributed by atoms with Gasteiger partial charge in [-0.25, -0.2) is 0 Å². The molecule has 3 rings (SSSR count). The summed E-state index contributed by atoms with van der Waals surface area (Å²) in [5, 5.41) is 0.635. The molecule has 2 N–H and O–H groups in total. The quantitative estimate of drug-likeness (QED) is 0.901. The SMILES string of the molecule is C[C@@H]1CC[C@H](C(N)=O)CN1C(=O)[C@@H]1Cc2cc(Cl)ccc2O1. The van der Waals surface area contributed by atoms with E-state index in [0.29, 0.717) is 23.7 Å². The first-order valence-electron chi connectivity index (χ1n) is 7.50. The summed E-state index contributed by atoms with van der Waals surface area (Å²) < 4.78 is 5.75. The van der Waals surface area contributed by atoms with Crippen LogP contribution in [0.5, 0.6) is 5.75 Å². The molecular weight excluding hydrogens is 304 g/mol. The van der Waals surface area contributed by atoms with Crippen LogP contribution >= 0.6 is 11.6 Å². The van der Waals surface area contributed by atoms with Crippen molar-refractivity contribution in [2.24, 2.45) is 11.7 Å². The van der Waals surface area contributed by atoms with Crippen molar-refractivity contribution in [3.05, 3.63) is 28.8 Å². The van der Waals surface area contributed by atoms with E-state index in [0.717, 1.165) is 18.4 Å². The third-order valence-corrected chi connectivity index (χ3v) is 4.78. The van der Waals surface area contributed by atoms with Crippen LogP contribution in [0.1, 0.15) is 25.3 Å². The Labute approximate surface area is 134 Å². The van der Waals surface area contributed by atoms with Gasteiger partial charge < -0.3 is 15.4 Å². The molecule has 0 aromatic heterocycles. The van der Waals surface area contributed by atoms with Gasteiger partial charge in [0.25, 0.3) is 5.91 Å². The smallest absolute Gasteiger partial charge is 0.264 e. The minimum absolute atomic E-state index is 0.0780. The lowest BCUT2D eigenvalue weighted by atomic mass is 9.92. The molecule has 0 saturated carbocycles. The molecule has 0 spiro atoms. The van der Waals surface area contributed by atoms with Crippen LogP contribution in [0.4, 0.5) is 0 Å². The predicted molar refractivity (Wildman–Crippen MR) is 82.7 cm³/mol. The maximum absolute atomic E-state index is 12.7. The van der Waals surface area contributed by atoms with Crippen LogP contribution in [0.25, 0.3) is 0 Å². The van der Waals surface area contributed by atoms with Gasteiger partial charge in [-0.05, 0) is 43.5 Å². The van der Waals surface area contributed by atoms with E-state index in [1.165, 1.54) is 0 Å². The first-order chi connectivity index (χ1) is 10.5. The zero-order chi connectivity index (χ0) is 15.9. The summed E-state index contributed by atoms with van der Waals surface area (Å²) >= 11 is 5.97. The van der Waals surface area contributed by atoms with E-state index in [4.69, 9.17) is 22.1 Å². The normalized spacial score (nSPS) is 27.2. The summed E-state index contributed by atoms with van der Waals surface area (Å²) in [7, 11) is 0. The third-order valence-electron chi connectivity index (χ3n) is 4.54. The number of amides is 2. The Kier molecular flexibility index (Phi) is 4.00. The van der Waals surface area contributed by atoms with Gasteiger partial charge in [0.2, 0.25) is 5.91 Å². The molecule has 5 nitrogen and oxygen atoms in total. The summed E-state index contributed by atoms with van der Waals surface area (Å²) in [6.45, 7) is 2.38. The molecule has 1 fully saturated rings. The number of fused-ring (bicyclic) bond motifs is 1. The average Bonchev–Trinajstić information content (AvgIpc) is 2.89. The number of nitrogens with zero attached hydrogens (tertiary/aromatic N) is 1. The molecule has 118 valence electrons. The lowest BCUT2D eigenvalue weighted by Gasteiger charge is -2.38. The number of carbonyl (C=O) groups is 2. The Morgan fingerprint density at radius 3 is 2.86 bits per heavy atom. The van der Waals surface area contributed by atoms with Crippen molar-refractivity contribution in [3.8, 4) is 5.75 Å². The first-order valence-corrected chi connectivity index (χ1v) is 7.88. The minimum Gasteiger partial charge on any atom is -0.480 e. The molecule has 2 heterocycles. The number of halogens is 1. The topological polar surface area (TPSA) is 72.6 Å². The number of piperidine rings is 1. The van der Waals surface area contributed by atoms with Gasteiger partial charge in [0.15, 0.2) is 6.10 Å². The highest BCUT2D eigenvalue weighted by atomic mass is 35.5. The number of likely N-dealkylation sites (tertiary alicyclic amines) is 1. The van der Waals surface area contributed by atoms with Crippen molar-refractivity contribution < 1.29 is 14.3 Å². The second-order valence-corrected chi connectivity index (χ2v) is 6.52. The summed E-state index contributed by atoms with van der Waals surface area (Å²) in [6.07, 6.45) is 1.49. The molecular formula is C16H19ClN2O3. The molecule has 2 aliphatic heterocycles. The van der Waals surface area contributed by atoms with Crippen LogP contribution in [0.2, 0.25) is 5.02 Å². The molecule has 6 heteroatoms. The number of nitrogens with two attached hydrogens (primary N) is 1. The van der Waals surface area contributed by atoms with Gasteiger partial charge in [0.1, 0.15) is 5.75 Å².